The molecule has 0 saturated carbocycles. The Morgan fingerprint density at radius 2 is 2.00 bits per heavy atom. The van der Waals surface area contributed by atoms with Crippen molar-refractivity contribution < 1.29 is 18.0 Å². The van der Waals surface area contributed by atoms with Crippen LogP contribution >= 0.6 is 11.3 Å². The zero-order valence-corrected chi connectivity index (χ0v) is 14.5. The normalized spacial score (nSPS) is 17.5. The van der Waals surface area contributed by atoms with Gasteiger partial charge in [-0.3, -0.25) is 4.79 Å². The molecule has 1 aromatic carbocycles. The molecule has 0 N–H and O–H groups in total. The third kappa shape index (κ3) is 3.12. The number of hydrogen-bond donors (Lipinski definition) is 0. The van der Waals surface area contributed by atoms with Crippen LogP contribution in [0.1, 0.15) is 35.0 Å². The molecule has 1 aliphatic heterocycles. The second-order valence-electron chi connectivity index (χ2n) is 6.11. The van der Waals surface area contributed by atoms with Crippen LogP contribution in [0, 0.1) is 11.6 Å². The Kier molecular flexibility index (Phi) is 4.50. The Labute approximate surface area is 152 Å². The van der Waals surface area contributed by atoms with E-state index in [0.717, 1.165) is 23.4 Å². The second-order valence-corrected chi connectivity index (χ2v) is 7.06. The maximum atomic E-state index is 13.9. The molecule has 0 bridgehead atoms. The number of carbonyl (C=O) groups is 1. The molecule has 134 valence electrons. The Morgan fingerprint density at radius 1 is 1.19 bits per heavy atom. The van der Waals surface area contributed by atoms with Gasteiger partial charge in [-0.1, -0.05) is 12.1 Å². The highest BCUT2D eigenvalue weighted by Gasteiger charge is 2.31. The van der Waals surface area contributed by atoms with Crippen LogP contribution in [0.4, 0.5) is 8.78 Å². The summed E-state index contributed by atoms with van der Waals surface area (Å²) < 4.78 is 33.6. The summed E-state index contributed by atoms with van der Waals surface area (Å²) in [7, 11) is 0. The summed E-state index contributed by atoms with van der Waals surface area (Å²) in [6.07, 6.45) is 1.47. The van der Waals surface area contributed by atoms with Gasteiger partial charge in [0.25, 0.3) is 11.8 Å². The van der Waals surface area contributed by atoms with E-state index in [0.29, 0.717) is 31.3 Å². The van der Waals surface area contributed by atoms with Gasteiger partial charge in [-0.05, 0) is 36.4 Å². The average molecular weight is 375 g/mol. The number of halogens is 2. The number of amides is 1. The van der Waals surface area contributed by atoms with E-state index in [1.807, 2.05) is 17.5 Å². The van der Waals surface area contributed by atoms with E-state index < -0.39 is 23.1 Å². The van der Waals surface area contributed by atoms with Crippen molar-refractivity contribution in [1.29, 1.82) is 0 Å². The molecule has 8 heteroatoms. The molecule has 1 fully saturated rings. The summed E-state index contributed by atoms with van der Waals surface area (Å²) in [6, 6.07) is 7.20. The molecular formula is C18H15F2N3O2S. The predicted octanol–water partition coefficient (Wildman–Crippen LogP) is 4.10. The number of likely N-dealkylation sites (tertiary alicyclic amines) is 1. The lowest BCUT2D eigenvalue weighted by molar-refractivity contribution is 0.0688. The molecule has 1 aliphatic rings. The van der Waals surface area contributed by atoms with Gasteiger partial charge < -0.3 is 9.32 Å². The third-order valence-electron chi connectivity index (χ3n) is 4.41. The van der Waals surface area contributed by atoms with Gasteiger partial charge in [-0.2, -0.15) is 0 Å². The summed E-state index contributed by atoms with van der Waals surface area (Å²) >= 11 is 1.50. The molecule has 0 radical (unpaired) electrons. The van der Waals surface area contributed by atoms with E-state index in [1.165, 1.54) is 22.3 Å². The topological polar surface area (TPSA) is 59.2 Å². The molecule has 3 heterocycles. The monoisotopic (exact) mass is 375 g/mol. The maximum Gasteiger partial charge on any atom is 0.259 e. The molecular weight excluding hydrogens is 360 g/mol. The smallest absolute Gasteiger partial charge is 0.259 e. The summed E-state index contributed by atoms with van der Waals surface area (Å²) in [6.45, 7) is 0.730. The van der Waals surface area contributed by atoms with Crippen molar-refractivity contribution in [2.45, 2.75) is 18.8 Å². The van der Waals surface area contributed by atoms with Gasteiger partial charge in [0.2, 0.25) is 5.89 Å². The summed E-state index contributed by atoms with van der Waals surface area (Å²) in [5, 5.41) is 10.1. The highest BCUT2D eigenvalue weighted by molar-refractivity contribution is 7.13. The number of carbonyl (C=O) groups excluding carboxylic acids is 1. The minimum absolute atomic E-state index is 0.149. The Hall–Kier alpha value is -2.61. The van der Waals surface area contributed by atoms with Crippen molar-refractivity contribution >= 4 is 17.2 Å². The van der Waals surface area contributed by atoms with Crippen LogP contribution in [0.15, 0.2) is 40.1 Å². The first-order valence-corrected chi connectivity index (χ1v) is 9.12. The number of rotatable bonds is 3. The van der Waals surface area contributed by atoms with Crippen LogP contribution in [-0.2, 0) is 0 Å². The number of thiophene rings is 1. The number of piperidine rings is 1. The van der Waals surface area contributed by atoms with Gasteiger partial charge in [0, 0.05) is 13.1 Å². The first-order chi connectivity index (χ1) is 12.6. The van der Waals surface area contributed by atoms with E-state index in [-0.39, 0.29) is 5.92 Å². The molecule has 1 atom stereocenters. The number of hydrogen-bond acceptors (Lipinski definition) is 5. The molecule has 5 nitrogen and oxygen atoms in total. The van der Waals surface area contributed by atoms with E-state index in [1.54, 1.807) is 0 Å². The maximum absolute atomic E-state index is 13.9. The van der Waals surface area contributed by atoms with Crippen molar-refractivity contribution in [2.24, 2.45) is 0 Å². The van der Waals surface area contributed by atoms with Crippen molar-refractivity contribution in [3.63, 3.8) is 0 Å². The van der Waals surface area contributed by atoms with Crippen molar-refractivity contribution in [3.8, 4) is 10.8 Å². The fraction of sp³-hybridized carbons (Fsp3) is 0.278. The molecule has 3 aromatic rings. The third-order valence-corrected chi connectivity index (χ3v) is 5.26. The average Bonchev–Trinajstić information content (AvgIpc) is 3.33. The van der Waals surface area contributed by atoms with Gasteiger partial charge in [0.05, 0.1) is 10.8 Å². The van der Waals surface area contributed by atoms with E-state index in [9.17, 15) is 13.6 Å². The zero-order chi connectivity index (χ0) is 18.1. The van der Waals surface area contributed by atoms with Crippen LogP contribution in [0.5, 0.6) is 0 Å². The Morgan fingerprint density at radius 3 is 2.73 bits per heavy atom. The molecule has 1 unspecified atom stereocenters. The highest BCUT2D eigenvalue weighted by atomic mass is 32.1. The molecule has 0 spiro atoms. The summed E-state index contributed by atoms with van der Waals surface area (Å²) in [5.74, 6) is -1.62. The SMILES string of the molecule is O=C(c1c(F)cccc1F)N1CCCC(c2nnc(-c3cccs3)o2)C1. The minimum atomic E-state index is -0.852. The molecule has 2 aromatic heterocycles. The fourth-order valence-corrected chi connectivity index (χ4v) is 3.77. The zero-order valence-electron chi connectivity index (χ0n) is 13.7. The summed E-state index contributed by atoms with van der Waals surface area (Å²) in [5.41, 5.74) is -0.516. The molecule has 0 aliphatic carbocycles. The van der Waals surface area contributed by atoms with Crippen LogP contribution in [0.25, 0.3) is 10.8 Å². The minimum Gasteiger partial charge on any atom is -0.420 e. The van der Waals surface area contributed by atoms with E-state index >= 15 is 0 Å². The van der Waals surface area contributed by atoms with Gasteiger partial charge in [-0.15, -0.1) is 21.5 Å². The largest absolute Gasteiger partial charge is 0.420 e. The Balaban J connectivity index is 1.54. The fourth-order valence-electron chi connectivity index (χ4n) is 3.12. The number of nitrogens with zero attached hydrogens (tertiary/aromatic N) is 3. The van der Waals surface area contributed by atoms with Crippen molar-refractivity contribution in [2.75, 3.05) is 13.1 Å². The van der Waals surface area contributed by atoms with Gasteiger partial charge >= 0.3 is 0 Å². The first kappa shape index (κ1) is 16.8. The van der Waals surface area contributed by atoms with Crippen LogP contribution in [0.3, 0.4) is 0 Å². The molecule has 1 saturated heterocycles. The molecule has 1 amide bonds. The van der Waals surface area contributed by atoms with Crippen LogP contribution < -0.4 is 0 Å². The standard InChI is InChI=1S/C18H15F2N3O2S/c19-12-5-1-6-13(20)15(12)18(24)23-8-2-4-11(10-23)16-21-22-17(25-16)14-7-3-9-26-14/h1,3,5-7,9,11H,2,4,8,10H2. The quantitative estimate of drug-likeness (QED) is 0.692. The van der Waals surface area contributed by atoms with E-state index in [4.69, 9.17) is 4.42 Å². The lowest BCUT2D eigenvalue weighted by Gasteiger charge is -2.31. The van der Waals surface area contributed by atoms with Gasteiger partial charge in [0.15, 0.2) is 0 Å². The van der Waals surface area contributed by atoms with Crippen molar-refractivity contribution in [3.05, 3.63) is 58.8 Å². The van der Waals surface area contributed by atoms with Crippen LogP contribution in [-0.4, -0.2) is 34.1 Å². The van der Waals surface area contributed by atoms with E-state index in [2.05, 4.69) is 10.2 Å². The van der Waals surface area contributed by atoms with Gasteiger partial charge in [-0.25, -0.2) is 8.78 Å². The first-order valence-electron chi connectivity index (χ1n) is 8.24. The predicted molar refractivity (Wildman–Crippen MR) is 91.8 cm³/mol. The van der Waals surface area contributed by atoms with Crippen LogP contribution in [0.2, 0.25) is 0 Å². The second kappa shape index (κ2) is 6.95. The Bertz CT molecular complexity index is 906. The highest BCUT2D eigenvalue weighted by Crippen LogP contribution is 2.30. The lowest BCUT2D eigenvalue weighted by Crippen LogP contribution is -2.40. The molecule has 4 rings (SSSR count). The summed E-state index contributed by atoms with van der Waals surface area (Å²) in [4.78, 5) is 14.9. The number of aromatic nitrogens is 2. The molecule has 26 heavy (non-hydrogen) atoms. The van der Waals surface area contributed by atoms with Crippen molar-refractivity contribution in [1.82, 2.24) is 15.1 Å². The lowest BCUT2D eigenvalue weighted by atomic mass is 9.97. The number of benzene rings is 1. The van der Waals surface area contributed by atoms with Gasteiger partial charge in [0.1, 0.15) is 17.2 Å².